The highest BCUT2D eigenvalue weighted by atomic mass is 32.2. The van der Waals surface area contributed by atoms with Crippen LogP contribution in [0.4, 0.5) is 0 Å². The molecule has 2 unspecified atom stereocenters. The van der Waals surface area contributed by atoms with Crippen molar-refractivity contribution in [1.29, 1.82) is 0 Å². The normalized spacial score (nSPS) is 25.7. The van der Waals surface area contributed by atoms with Gasteiger partial charge in [-0.1, -0.05) is 19.1 Å². The maximum absolute atomic E-state index is 11.4. The lowest BCUT2D eigenvalue weighted by atomic mass is 10.1. The van der Waals surface area contributed by atoms with Gasteiger partial charge in [-0.3, -0.25) is 4.79 Å². The highest BCUT2D eigenvalue weighted by molar-refractivity contribution is 7.89. The SMILES string of the molecule is CCCS(=O)(=O)NC1C=CC(C(=O)O)C1. The fourth-order valence-electron chi connectivity index (χ4n) is 1.53. The van der Waals surface area contributed by atoms with E-state index in [0.717, 1.165) is 0 Å². The van der Waals surface area contributed by atoms with Gasteiger partial charge in [-0.05, 0) is 12.8 Å². The molecule has 2 atom stereocenters. The largest absolute Gasteiger partial charge is 0.481 e. The number of hydrogen-bond acceptors (Lipinski definition) is 3. The molecule has 86 valence electrons. The van der Waals surface area contributed by atoms with Crippen molar-refractivity contribution in [1.82, 2.24) is 4.72 Å². The van der Waals surface area contributed by atoms with E-state index in [1.807, 2.05) is 0 Å². The number of rotatable bonds is 5. The average molecular weight is 233 g/mol. The van der Waals surface area contributed by atoms with Crippen molar-refractivity contribution in [3.05, 3.63) is 12.2 Å². The lowest BCUT2D eigenvalue weighted by molar-refractivity contribution is -0.140. The zero-order valence-corrected chi connectivity index (χ0v) is 9.33. The minimum absolute atomic E-state index is 0.0785. The van der Waals surface area contributed by atoms with E-state index >= 15 is 0 Å². The van der Waals surface area contributed by atoms with Crippen molar-refractivity contribution < 1.29 is 18.3 Å². The van der Waals surface area contributed by atoms with Crippen LogP contribution >= 0.6 is 0 Å². The van der Waals surface area contributed by atoms with Crippen LogP contribution in [0.3, 0.4) is 0 Å². The Hall–Kier alpha value is -0.880. The molecule has 2 N–H and O–H groups in total. The van der Waals surface area contributed by atoms with E-state index in [9.17, 15) is 13.2 Å². The summed E-state index contributed by atoms with van der Waals surface area (Å²) in [6, 6.07) is -0.373. The average Bonchev–Trinajstić information content (AvgIpc) is 2.51. The zero-order valence-electron chi connectivity index (χ0n) is 8.51. The predicted octanol–water partition coefficient (Wildman–Crippen LogP) is 0.345. The van der Waals surface area contributed by atoms with Gasteiger partial charge in [0.05, 0.1) is 11.7 Å². The van der Waals surface area contributed by atoms with Crippen molar-refractivity contribution in [3.8, 4) is 0 Å². The fraction of sp³-hybridized carbons (Fsp3) is 0.667. The molecule has 0 heterocycles. The topological polar surface area (TPSA) is 83.5 Å². The van der Waals surface area contributed by atoms with Gasteiger partial charge in [0, 0.05) is 6.04 Å². The second-order valence-corrected chi connectivity index (χ2v) is 5.48. The molecule has 0 saturated carbocycles. The monoisotopic (exact) mass is 233 g/mol. The van der Waals surface area contributed by atoms with Gasteiger partial charge in [0.2, 0.25) is 10.0 Å². The highest BCUT2D eigenvalue weighted by Crippen LogP contribution is 2.18. The van der Waals surface area contributed by atoms with Crippen LogP contribution in [-0.4, -0.2) is 31.3 Å². The molecule has 15 heavy (non-hydrogen) atoms. The molecule has 0 spiro atoms. The lowest BCUT2D eigenvalue weighted by Gasteiger charge is -2.11. The van der Waals surface area contributed by atoms with Crippen LogP contribution in [0.2, 0.25) is 0 Å². The number of carboxylic acid groups (broad SMARTS) is 1. The predicted molar refractivity (Wildman–Crippen MR) is 55.9 cm³/mol. The van der Waals surface area contributed by atoms with Crippen LogP contribution in [-0.2, 0) is 14.8 Å². The Balaban J connectivity index is 2.51. The maximum Gasteiger partial charge on any atom is 0.310 e. The molecule has 0 aliphatic heterocycles. The first-order valence-corrected chi connectivity index (χ1v) is 6.51. The van der Waals surface area contributed by atoms with Crippen molar-refractivity contribution in [2.24, 2.45) is 5.92 Å². The van der Waals surface area contributed by atoms with Crippen LogP contribution in [0.5, 0.6) is 0 Å². The van der Waals surface area contributed by atoms with Gasteiger partial charge >= 0.3 is 5.97 Å². The Bertz CT molecular complexity index is 360. The number of carboxylic acids is 1. The first-order valence-electron chi connectivity index (χ1n) is 4.85. The van der Waals surface area contributed by atoms with Gasteiger partial charge < -0.3 is 5.11 Å². The minimum Gasteiger partial charge on any atom is -0.481 e. The van der Waals surface area contributed by atoms with Gasteiger partial charge in [-0.15, -0.1) is 0 Å². The van der Waals surface area contributed by atoms with E-state index in [1.165, 1.54) is 6.08 Å². The molecular formula is C9H15NO4S. The van der Waals surface area contributed by atoms with E-state index in [-0.39, 0.29) is 11.8 Å². The first-order chi connectivity index (χ1) is 6.94. The van der Waals surface area contributed by atoms with Crippen LogP contribution in [0, 0.1) is 5.92 Å². The molecule has 1 aliphatic rings. The Morgan fingerprint density at radius 2 is 2.20 bits per heavy atom. The third-order valence-corrected chi connectivity index (χ3v) is 3.81. The standard InChI is InChI=1S/C9H15NO4S/c1-2-5-15(13,14)10-8-4-3-7(6-8)9(11)12/h3-4,7-8,10H,2,5-6H2,1H3,(H,11,12). The zero-order chi connectivity index (χ0) is 11.5. The quantitative estimate of drug-likeness (QED) is 0.671. The molecule has 6 heteroatoms. The van der Waals surface area contributed by atoms with Crippen molar-refractivity contribution in [3.63, 3.8) is 0 Å². The van der Waals surface area contributed by atoms with E-state index < -0.39 is 21.9 Å². The number of sulfonamides is 1. The Kier molecular flexibility index (Phi) is 3.87. The van der Waals surface area contributed by atoms with Gasteiger partial charge in [0.1, 0.15) is 0 Å². The van der Waals surface area contributed by atoms with E-state index in [2.05, 4.69) is 4.72 Å². The first kappa shape index (κ1) is 12.2. The molecule has 0 radical (unpaired) electrons. The van der Waals surface area contributed by atoms with E-state index in [1.54, 1.807) is 13.0 Å². The van der Waals surface area contributed by atoms with Gasteiger partial charge in [-0.2, -0.15) is 0 Å². The summed E-state index contributed by atoms with van der Waals surface area (Å²) < 4.78 is 25.2. The molecule has 0 aromatic heterocycles. The Morgan fingerprint density at radius 1 is 1.53 bits per heavy atom. The van der Waals surface area contributed by atoms with Gasteiger partial charge in [-0.25, -0.2) is 13.1 Å². The molecular weight excluding hydrogens is 218 g/mol. The lowest BCUT2D eigenvalue weighted by Crippen LogP contribution is -2.34. The van der Waals surface area contributed by atoms with Crippen molar-refractivity contribution >= 4 is 16.0 Å². The van der Waals surface area contributed by atoms with Gasteiger partial charge in [0.15, 0.2) is 0 Å². The summed E-state index contributed by atoms with van der Waals surface area (Å²) in [4.78, 5) is 10.6. The molecule has 0 aromatic rings. The number of aliphatic carboxylic acids is 1. The third kappa shape index (κ3) is 3.64. The summed E-state index contributed by atoms with van der Waals surface area (Å²) >= 11 is 0. The van der Waals surface area contributed by atoms with Crippen LogP contribution in [0.1, 0.15) is 19.8 Å². The summed E-state index contributed by atoms with van der Waals surface area (Å²) in [6.45, 7) is 1.78. The summed E-state index contributed by atoms with van der Waals surface area (Å²) in [5.74, 6) is -1.41. The van der Waals surface area contributed by atoms with Crippen LogP contribution < -0.4 is 4.72 Å². The third-order valence-electron chi connectivity index (χ3n) is 2.20. The van der Waals surface area contributed by atoms with Crippen molar-refractivity contribution in [2.45, 2.75) is 25.8 Å². The smallest absolute Gasteiger partial charge is 0.310 e. The van der Waals surface area contributed by atoms with Crippen LogP contribution in [0.15, 0.2) is 12.2 Å². The second-order valence-electron chi connectivity index (χ2n) is 3.61. The van der Waals surface area contributed by atoms with E-state index in [4.69, 9.17) is 5.11 Å². The molecule has 0 saturated heterocycles. The number of nitrogens with one attached hydrogen (secondary N) is 1. The summed E-state index contributed by atoms with van der Waals surface area (Å²) in [5, 5.41) is 8.70. The summed E-state index contributed by atoms with van der Waals surface area (Å²) in [6.07, 6.45) is 3.99. The second kappa shape index (κ2) is 4.76. The number of hydrogen-bond donors (Lipinski definition) is 2. The van der Waals surface area contributed by atoms with E-state index in [0.29, 0.717) is 12.8 Å². The summed E-state index contributed by atoms with van der Waals surface area (Å²) in [7, 11) is -3.26. The maximum atomic E-state index is 11.4. The molecule has 0 aromatic carbocycles. The molecule has 0 fully saturated rings. The fourth-order valence-corrected chi connectivity index (χ4v) is 2.82. The molecule has 0 bridgehead atoms. The van der Waals surface area contributed by atoms with Crippen molar-refractivity contribution in [2.75, 3.05) is 5.75 Å². The van der Waals surface area contributed by atoms with Crippen LogP contribution in [0.25, 0.3) is 0 Å². The molecule has 1 rings (SSSR count). The highest BCUT2D eigenvalue weighted by Gasteiger charge is 2.26. The number of carbonyl (C=O) groups is 1. The summed E-state index contributed by atoms with van der Waals surface area (Å²) in [5.41, 5.74) is 0. The van der Waals surface area contributed by atoms with Gasteiger partial charge in [0.25, 0.3) is 0 Å². The molecule has 0 amide bonds. The minimum atomic E-state index is -3.26. The molecule has 1 aliphatic carbocycles. The molecule has 5 nitrogen and oxygen atoms in total. The Morgan fingerprint density at radius 3 is 2.67 bits per heavy atom. The Labute approximate surface area is 89.2 Å².